The molecule has 0 spiro atoms. The number of hydrogen-bond donors (Lipinski definition) is 5. The van der Waals surface area contributed by atoms with E-state index < -0.39 is 37.3 Å². The van der Waals surface area contributed by atoms with Gasteiger partial charge in [-0.05, 0) is 38.5 Å². The standard InChI is InChI=1S/C20H28N2O7/c1-10(2)27-13-6-4-12(5-7-13)8-14-11(3)21-22-19(14)29-20-18(26)17(25)16(24)15(9-23)28-20/h4-7,10,15-18,20,23-26H,8-9H2,1-3H3,(H,21,22). The summed E-state index contributed by atoms with van der Waals surface area (Å²) in [7, 11) is 0. The van der Waals surface area contributed by atoms with E-state index in [1.165, 1.54) is 0 Å². The first-order chi connectivity index (χ1) is 13.8. The van der Waals surface area contributed by atoms with Gasteiger partial charge < -0.3 is 34.6 Å². The van der Waals surface area contributed by atoms with Crippen molar-refractivity contribution in [2.24, 2.45) is 0 Å². The topological polar surface area (TPSA) is 137 Å². The van der Waals surface area contributed by atoms with Gasteiger partial charge >= 0.3 is 0 Å². The minimum Gasteiger partial charge on any atom is -0.491 e. The zero-order valence-electron chi connectivity index (χ0n) is 16.6. The SMILES string of the molecule is Cc1[nH]nc(OC2OC(CO)C(O)C(O)C2O)c1Cc1ccc(OC(C)C)cc1. The van der Waals surface area contributed by atoms with Gasteiger partial charge in [0, 0.05) is 17.7 Å². The van der Waals surface area contributed by atoms with Gasteiger partial charge in [-0.3, -0.25) is 5.10 Å². The van der Waals surface area contributed by atoms with Crippen molar-refractivity contribution in [1.29, 1.82) is 0 Å². The molecule has 0 bridgehead atoms. The molecule has 0 aliphatic carbocycles. The van der Waals surface area contributed by atoms with Crippen LogP contribution in [0, 0.1) is 6.92 Å². The monoisotopic (exact) mass is 408 g/mol. The molecule has 3 rings (SSSR count). The third-order valence-corrected chi connectivity index (χ3v) is 4.79. The molecule has 5 unspecified atom stereocenters. The number of nitrogens with one attached hydrogen (secondary N) is 1. The molecule has 1 aromatic heterocycles. The van der Waals surface area contributed by atoms with Crippen LogP contribution < -0.4 is 9.47 Å². The van der Waals surface area contributed by atoms with Gasteiger partial charge in [0.25, 0.3) is 0 Å². The Bertz CT molecular complexity index is 791. The zero-order chi connectivity index (χ0) is 21.1. The van der Waals surface area contributed by atoms with Crippen molar-refractivity contribution < 1.29 is 34.6 Å². The lowest BCUT2D eigenvalue weighted by Crippen LogP contribution is -2.60. The Kier molecular flexibility index (Phi) is 6.76. The van der Waals surface area contributed by atoms with E-state index in [2.05, 4.69) is 10.2 Å². The van der Waals surface area contributed by atoms with Gasteiger partial charge in [0.05, 0.1) is 12.7 Å². The highest BCUT2D eigenvalue weighted by Crippen LogP contribution is 2.28. The van der Waals surface area contributed by atoms with Crippen molar-refractivity contribution in [3.8, 4) is 11.6 Å². The van der Waals surface area contributed by atoms with E-state index in [4.69, 9.17) is 14.2 Å². The van der Waals surface area contributed by atoms with Crippen LogP contribution in [-0.4, -0.2) is 74.0 Å². The molecule has 5 atom stereocenters. The van der Waals surface area contributed by atoms with Gasteiger partial charge in [-0.15, -0.1) is 5.10 Å². The Balaban J connectivity index is 1.74. The molecule has 0 radical (unpaired) electrons. The lowest BCUT2D eigenvalue weighted by atomic mass is 9.99. The second-order valence-electron chi connectivity index (χ2n) is 7.43. The summed E-state index contributed by atoms with van der Waals surface area (Å²) in [5.41, 5.74) is 2.55. The van der Waals surface area contributed by atoms with Crippen LogP contribution in [0.4, 0.5) is 0 Å². The molecule has 2 heterocycles. The number of hydrogen-bond acceptors (Lipinski definition) is 8. The molecule has 9 heteroatoms. The highest BCUT2D eigenvalue weighted by Gasteiger charge is 2.45. The van der Waals surface area contributed by atoms with Crippen LogP contribution in [0.5, 0.6) is 11.6 Å². The number of benzene rings is 1. The molecule has 2 aromatic rings. The number of aliphatic hydroxyl groups is 4. The third kappa shape index (κ3) is 4.88. The maximum absolute atomic E-state index is 10.2. The number of ether oxygens (including phenoxy) is 3. The van der Waals surface area contributed by atoms with Gasteiger partial charge in [0.2, 0.25) is 12.2 Å². The van der Waals surface area contributed by atoms with Gasteiger partial charge in [-0.25, -0.2) is 0 Å². The summed E-state index contributed by atoms with van der Waals surface area (Å²) in [4.78, 5) is 0. The normalized spacial score (nSPS) is 27.2. The smallest absolute Gasteiger partial charge is 0.238 e. The number of rotatable bonds is 7. The summed E-state index contributed by atoms with van der Waals surface area (Å²) in [6.45, 7) is 5.25. The Morgan fingerprint density at radius 2 is 1.79 bits per heavy atom. The van der Waals surface area contributed by atoms with Crippen molar-refractivity contribution in [3.05, 3.63) is 41.1 Å². The van der Waals surface area contributed by atoms with Crippen LogP contribution in [0.15, 0.2) is 24.3 Å². The molecule has 1 aliphatic rings. The number of aryl methyl sites for hydroxylation is 1. The van der Waals surface area contributed by atoms with E-state index in [-0.39, 0.29) is 12.0 Å². The average molecular weight is 408 g/mol. The summed E-state index contributed by atoms with van der Waals surface area (Å²) in [5.74, 6) is 1.000. The minimum absolute atomic E-state index is 0.0931. The molecule has 29 heavy (non-hydrogen) atoms. The van der Waals surface area contributed by atoms with E-state index in [9.17, 15) is 20.4 Å². The predicted octanol–water partition coefficient (Wildman–Crippen LogP) is 0.275. The maximum atomic E-state index is 10.2. The summed E-state index contributed by atoms with van der Waals surface area (Å²) in [6.07, 6.45) is -6.17. The molecule has 0 saturated carbocycles. The van der Waals surface area contributed by atoms with Crippen molar-refractivity contribution in [3.63, 3.8) is 0 Å². The summed E-state index contributed by atoms with van der Waals surface area (Å²) >= 11 is 0. The summed E-state index contributed by atoms with van der Waals surface area (Å²) < 4.78 is 16.7. The third-order valence-electron chi connectivity index (χ3n) is 4.79. The number of aromatic amines is 1. The zero-order valence-corrected chi connectivity index (χ0v) is 16.6. The van der Waals surface area contributed by atoms with Crippen molar-refractivity contribution in [1.82, 2.24) is 10.2 Å². The van der Waals surface area contributed by atoms with Crippen LogP contribution >= 0.6 is 0 Å². The van der Waals surface area contributed by atoms with Gasteiger partial charge in [0.15, 0.2) is 0 Å². The van der Waals surface area contributed by atoms with Gasteiger partial charge in [-0.2, -0.15) is 0 Å². The van der Waals surface area contributed by atoms with Crippen LogP contribution in [0.25, 0.3) is 0 Å². The molecule has 1 aromatic carbocycles. The second-order valence-corrected chi connectivity index (χ2v) is 7.43. The van der Waals surface area contributed by atoms with Crippen LogP contribution in [0.2, 0.25) is 0 Å². The summed E-state index contributed by atoms with van der Waals surface area (Å²) in [5, 5.41) is 46.3. The lowest BCUT2D eigenvalue weighted by Gasteiger charge is -2.39. The first kappa shape index (κ1) is 21.5. The van der Waals surface area contributed by atoms with Crippen LogP contribution in [0.3, 0.4) is 0 Å². The van der Waals surface area contributed by atoms with E-state index >= 15 is 0 Å². The number of aromatic nitrogens is 2. The first-order valence-corrected chi connectivity index (χ1v) is 9.56. The Hall–Kier alpha value is -2.17. The molecule has 0 amide bonds. The maximum Gasteiger partial charge on any atom is 0.238 e. The Labute approximate surface area is 168 Å². The molecular weight excluding hydrogens is 380 g/mol. The largest absolute Gasteiger partial charge is 0.491 e. The number of H-pyrrole nitrogens is 1. The lowest BCUT2D eigenvalue weighted by molar-refractivity contribution is -0.278. The summed E-state index contributed by atoms with van der Waals surface area (Å²) in [6, 6.07) is 7.68. The molecule has 9 nitrogen and oxygen atoms in total. The van der Waals surface area contributed by atoms with Crippen LogP contribution in [-0.2, 0) is 11.2 Å². The average Bonchev–Trinajstić information content (AvgIpc) is 3.03. The van der Waals surface area contributed by atoms with E-state index in [1.54, 1.807) is 0 Å². The Morgan fingerprint density at radius 1 is 1.10 bits per heavy atom. The Morgan fingerprint density at radius 3 is 2.41 bits per heavy atom. The van der Waals surface area contributed by atoms with Crippen molar-refractivity contribution >= 4 is 0 Å². The van der Waals surface area contributed by atoms with E-state index in [0.717, 1.165) is 22.6 Å². The fourth-order valence-corrected chi connectivity index (χ4v) is 3.17. The van der Waals surface area contributed by atoms with E-state index in [1.807, 2.05) is 45.0 Å². The molecule has 1 aliphatic heterocycles. The molecule has 160 valence electrons. The number of nitrogens with zero attached hydrogens (tertiary/aromatic N) is 1. The molecule has 1 saturated heterocycles. The fourth-order valence-electron chi connectivity index (χ4n) is 3.17. The quantitative estimate of drug-likeness (QED) is 0.440. The molecule has 5 N–H and O–H groups in total. The van der Waals surface area contributed by atoms with Crippen LogP contribution in [0.1, 0.15) is 30.7 Å². The predicted molar refractivity (Wildman–Crippen MR) is 103 cm³/mol. The minimum atomic E-state index is -1.51. The molecular formula is C20H28N2O7. The first-order valence-electron chi connectivity index (χ1n) is 9.56. The molecule has 1 fully saturated rings. The fraction of sp³-hybridized carbons (Fsp3) is 0.550. The second kappa shape index (κ2) is 9.10. The van der Waals surface area contributed by atoms with Crippen molar-refractivity contribution in [2.45, 2.75) is 64.0 Å². The number of aliphatic hydroxyl groups excluding tert-OH is 4. The van der Waals surface area contributed by atoms with Gasteiger partial charge in [-0.1, -0.05) is 12.1 Å². The highest BCUT2D eigenvalue weighted by atomic mass is 16.7. The van der Waals surface area contributed by atoms with Crippen molar-refractivity contribution in [2.75, 3.05) is 6.61 Å². The highest BCUT2D eigenvalue weighted by molar-refractivity contribution is 5.37. The van der Waals surface area contributed by atoms with E-state index in [0.29, 0.717) is 6.42 Å². The van der Waals surface area contributed by atoms with Gasteiger partial charge in [0.1, 0.15) is 30.2 Å².